The van der Waals surface area contributed by atoms with Gasteiger partial charge in [0.2, 0.25) is 0 Å². The second-order valence-corrected chi connectivity index (χ2v) is 12.8. The van der Waals surface area contributed by atoms with Gasteiger partial charge in [-0.25, -0.2) is 0 Å². The Kier molecular flexibility index (Phi) is 8.44. The molecule has 0 radical (unpaired) electrons. The van der Waals surface area contributed by atoms with Crippen LogP contribution >= 0.6 is 0 Å². The highest BCUT2D eigenvalue weighted by Crippen LogP contribution is 2.41. The van der Waals surface area contributed by atoms with Gasteiger partial charge in [0.1, 0.15) is 0 Å². The molecule has 4 aromatic rings. The van der Waals surface area contributed by atoms with Crippen molar-refractivity contribution in [3.8, 4) is 0 Å². The first kappa shape index (κ1) is 29.5. The van der Waals surface area contributed by atoms with E-state index < -0.39 is 0 Å². The van der Waals surface area contributed by atoms with Crippen LogP contribution in [0.25, 0.3) is 0 Å². The van der Waals surface area contributed by atoms with Crippen LogP contribution in [0.3, 0.4) is 0 Å². The van der Waals surface area contributed by atoms with E-state index in [2.05, 4.69) is 179 Å². The summed E-state index contributed by atoms with van der Waals surface area (Å²) in [7, 11) is 0. The van der Waals surface area contributed by atoms with Crippen molar-refractivity contribution in [1.29, 1.82) is 0 Å². The van der Waals surface area contributed by atoms with Gasteiger partial charge in [-0.1, -0.05) is 80.6 Å². The zero-order valence-electron chi connectivity index (χ0n) is 27.0. The standard InChI is InChI=1S/C42H44N2/c1-29-11-7-15-35(23-29)43(36-16-8-12-30(2)24-36)39-19-21-41(33(5)27-39)42-22-20-40(28-34(42)6)44(37-17-9-13-31(3)25-37)38-18-10-14-32(4)26-38/h7-13,15-28,32-33,41H,14H2,1-6H3. The van der Waals surface area contributed by atoms with Crippen LogP contribution in [0, 0.1) is 39.5 Å². The van der Waals surface area contributed by atoms with E-state index in [9.17, 15) is 0 Å². The Balaban J connectivity index is 1.33. The van der Waals surface area contributed by atoms with Crippen molar-refractivity contribution < 1.29 is 0 Å². The molecule has 44 heavy (non-hydrogen) atoms. The molecule has 0 heterocycles. The quantitative estimate of drug-likeness (QED) is 0.216. The van der Waals surface area contributed by atoms with Crippen molar-refractivity contribution in [2.75, 3.05) is 9.80 Å². The lowest BCUT2D eigenvalue weighted by atomic mass is 9.81. The average molecular weight is 577 g/mol. The van der Waals surface area contributed by atoms with Gasteiger partial charge in [0.15, 0.2) is 0 Å². The van der Waals surface area contributed by atoms with Crippen LogP contribution in [-0.4, -0.2) is 0 Å². The maximum Gasteiger partial charge on any atom is 0.0464 e. The molecule has 0 fully saturated rings. The fraction of sp³-hybridized carbons (Fsp3) is 0.238. The average Bonchev–Trinajstić information content (AvgIpc) is 2.98. The van der Waals surface area contributed by atoms with E-state index in [0.29, 0.717) is 17.8 Å². The molecule has 0 amide bonds. The molecule has 2 nitrogen and oxygen atoms in total. The first-order valence-electron chi connectivity index (χ1n) is 16.0. The summed E-state index contributed by atoms with van der Waals surface area (Å²) < 4.78 is 0. The highest BCUT2D eigenvalue weighted by Gasteiger charge is 2.25. The number of rotatable bonds is 7. The highest BCUT2D eigenvalue weighted by molar-refractivity contribution is 5.73. The molecule has 0 saturated carbocycles. The van der Waals surface area contributed by atoms with E-state index in [0.717, 1.165) is 6.42 Å². The maximum atomic E-state index is 2.45. The van der Waals surface area contributed by atoms with Gasteiger partial charge in [-0.2, -0.15) is 0 Å². The first-order chi connectivity index (χ1) is 21.3. The molecule has 3 atom stereocenters. The summed E-state index contributed by atoms with van der Waals surface area (Å²) in [6.07, 6.45) is 15.2. The van der Waals surface area contributed by atoms with Crippen molar-refractivity contribution in [2.45, 2.75) is 53.9 Å². The fourth-order valence-electron chi connectivity index (χ4n) is 6.68. The van der Waals surface area contributed by atoms with Gasteiger partial charge in [0.25, 0.3) is 0 Å². The van der Waals surface area contributed by atoms with E-state index in [-0.39, 0.29) is 0 Å². The molecule has 0 aliphatic heterocycles. The normalized spacial score (nSPS) is 19.4. The lowest BCUT2D eigenvalue weighted by Gasteiger charge is -2.33. The van der Waals surface area contributed by atoms with E-state index in [4.69, 9.17) is 0 Å². The monoisotopic (exact) mass is 576 g/mol. The van der Waals surface area contributed by atoms with Crippen molar-refractivity contribution >= 4 is 22.7 Å². The third-order valence-electron chi connectivity index (χ3n) is 8.89. The largest absolute Gasteiger partial charge is 0.311 e. The lowest BCUT2D eigenvalue weighted by molar-refractivity contribution is 0.625. The zero-order valence-corrected chi connectivity index (χ0v) is 27.0. The molecule has 0 aromatic heterocycles. The van der Waals surface area contributed by atoms with Gasteiger partial charge in [-0.3, -0.25) is 0 Å². The lowest BCUT2D eigenvalue weighted by Crippen LogP contribution is -2.21. The summed E-state index contributed by atoms with van der Waals surface area (Å²) in [6.45, 7) is 13.4. The Hall–Kier alpha value is -4.56. The van der Waals surface area contributed by atoms with Crippen LogP contribution in [0.1, 0.15) is 54.0 Å². The number of nitrogens with zero attached hydrogens (tertiary/aromatic N) is 2. The molecule has 4 aromatic carbocycles. The second-order valence-electron chi connectivity index (χ2n) is 12.8. The smallest absolute Gasteiger partial charge is 0.0464 e. The second kappa shape index (κ2) is 12.6. The Bertz CT molecular complexity index is 1740. The minimum atomic E-state index is 0.311. The van der Waals surface area contributed by atoms with Gasteiger partial charge < -0.3 is 9.80 Å². The maximum absolute atomic E-state index is 2.45. The summed E-state index contributed by atoms with van der Waals surface area (Å²) >= 11 is 0. The molecule has 0 bridgehead atoms. The number of benzene rings is 4. The molecule has 2 aliphatic rings. The molecule has 2 aliphatic carbocycles. The Morgan fingerprint density at radius 3 is 1.57 bits per heavy atom. The van der Waals surface area contributed by atoms with Crippen LogP contribution in [0.5, 0.6) is 0 Å². The topological polar surface area (TPSA) is 6.48 Å². The highest BCUT2D eigenvalue weighted by atomic mass is 15.2. The third kappa shape index (κ3) is 6.21. The van der Waals surface area contributed by atoms with Gasteiger partial charge in [0, 0.05) is 40.1 Å². The van der Waals surface area contributed by atoms with Crippen molar-refractivity contribution in [3.63, 3.8) is 0 Å². The van der Waals surface area contributed by atoms with Crippen LogP contribution in [0.15, 0.2) is 139 Å². The molecular weight excluding hydrogens is 532 g/mol. The number of aryl methyl sites for hydroxylation is 4. The number of allylic oxidation sites excluding steroid dienone is 6. The molecule has 0 N–H and O–H groups in total. The summed E-state index contributed by atoms with van der Waals surface area (Å²) in [5.74, 6) is 1.18. The molecule has 0 saturated heterocycles. The number of hydrogen-bond acceptors (Lipinski definition) is 2. The van der Waals surface area contributed by atoms with Crippen LogP contribution < -0.4 is 9.80 Å². The number of hydrogen-bond donors (Lipinski definition) is 0. The Morgan fingerprint density at radius 2 is 1.09 bits per heavy atom. The van der Waals surface area contributed by atoms with Gasteiger partial charge in [0.05, 0.1) is 0 Å². The molecule has 6 rings (SSSR count). The van der Waals surface area contributed by atoms with E-state index in [1.165, 1.54) is 62.0 Å². The van der Waals surface area contributed by atoms with E-state index >= 15 is 0 Å². The van der Waals surface area contributed by atoms with E-state index in [1.54, 1.807) is 0 Å². The van der Waals surface area contributed by atoms with Gasteiger partial charge in [-0.15, -0.1) is 0 Å². The van der Waals surface area contributed by atoms with Gasteiger partial charge >= 0.3 is 0 Å². The predicted octanol–water partition coefficient (Wildman–Crippen LogP) is 11.5. The van der Waals surface area contributed by atoms with Crippen LogP contribution in [0.2, 0.25) is 0 Å². The summed E-state index contributed by atoms with van der Waals surface area (Å²) in [5.41, 5.74) is 13.7. The van der Waals surface area contributed by atoms with E-state index in [1.807, 2.05) is 0 Å². The van der Waals surface area contributed by atoms with Gasteiger partial charge in [-0.05, 0) is 134 Å². The summed E-state index contributed by atoms with van der Waals surface area (Å²) in [5, 5.41) is 0. The molecular formula is C42H44N2. The molecule has 222 valence electrons. The van der Waals surface area contributed by atoms with Crippen molar-refractivity contribution in [3.05, 3.63) is 167 Å². The summed E-state index contributed by atoms with van der Waals surface area (Å²) in [4.78, 5) is 4.81. The van der Waals surface area contributed by atoms with Crippen molar-refractivity contribution in [2.24, 2.45) is 11.8 Å². The predicted molar refractivity (Wildman–Crippen MR) is 189 cm³/mol. The van der Waals surface area contributed by atoms with Crippen LogP contribution in [0.4, 0.5) is 22.7 Å². The Labute approximate surface area is 264 Å². The minimum absolute atomic E-state index is 0.311. The zero-order chi connectivity index (χ0) is 30.8. The summed E-state index contributed by atoms with van der Waals surface area (Å²) in [6, 6.07) is 33.5. The third-order valence-corrected chi connectivity index (χ3v) is 8.89. The molecule has 0 spiro atoms. The minimum Gasteiger partial charge on any atom is -0.311 e. The molecule has 3 unspecified atom stereocenters. The van der Waals surface area contributed by atoms with Crippen molar-refractivity contribution in [1.82, 2.24) is 0 Å². The molecule has 2 heteroatoms. The SMILES string of the molecule is Cc1cccc(N(C2=CC(C)C(c3ccc(N(C4=CC(C)CC=C4)c4cccc(C)c4)cc3C)C=C2)c2cccc(C)c2)c1. The number of anilines is 4. The fourth-order valence-corrected chi connectivity index (χ4v) is 6.68. The Morgan fingerprint density at radius 1 is 0.568 bits per heavy atom. The van der Waals surface area contributed by atoms with Crippen LogP contribution in [-0.2, 0) is 0 Å². The first-order valence-corrected chi connectivity index (χ1v) is 16.0.